The van der Waals surface area contributed by atoms with Gasteiger partial charge in [-0.3, -0.25) is 0 Å². The van der Waals surface area contributed by atoms with Crippen LogP contribution in [0.3, 0.4) is 0 Å². The van der Waals surface area contributed by atoms with E-state index in [9.17, 15) is 0 Å². The third-order valence-electron chi connectivity index (χ3n) is 5.87. The van der Waals surface area contributed by atoms with E-state index >= 15 is 0 Å². The van der Waals surface area contributed by atoms with E-state index in [0.717, 1.165) is 58.1 Å². The number of nitrogens with one attached hydrogen (secondary N) is 2. The van der Waals surface area contributed by atoms with Gasteiger partial charge in [0.25, 0.3) is 0 Å². The molecule has 3 heteroatoms. The SMILES string of the molecule is C=C(CN(C(=C)C)c1cc(C(=C)NCCc2ccccc2)ccc1C(=C)C)Nc1ccc(C)cc1. The Morgan fingerprint density at radius 2 is 1.54 bits per heavy atom. The molecular formula is C32H37N3. The molecule has 0 spiro atoms. The third kappa shape index (κ3) is 7.25. The van der Waals surface area contributed by atoms with Crippen LogP contribution < -0.4 is 15.5 Å². The lowest BCUT2D eigenvalue weighted by Gasteiger charge is -2.29. The second-order valence-electron chi connectivity index (χ2n) is 9.07. The molecule has 3 nitrogen and oxygen atoms in total. The van der Waals surface area contributed by atoms with Crippen molar-refractivity contribution in [1.29, 1.82) is 0 Å². The van der Waals surface area contributed by atoms with Crippen LogP contribution in [0.15, 0.2) is 111 Å². The molecule has 3 rings (SSSR count). The lowest BCUT2D eigenvalue weighted by atomic mass is 10.0. The minimum atomic E-state index is 0.584. The summed E-state index contributed by atoms with van der Waals surface area (Å²) in [7, 11) is 0. The average Bonchev–Trinajstić information content (AvgIpc) is 2.84. The molecule has 0 fully saturated rings. The van der Waals surface area contributed by atoms with Gasteiger partial charge in [-0.2, -0.15) is 0 Å². The number of hydrogen-bond acceptors (Lipinski definition) is 3. The highest BCUT2D eigenvalue weighted by molar-refractivity contribution is 5.80. The van der Waals surface area contributed by atoms with Crippen LogP contribution in [0.2, 0.25) is 0 Å². The molecule has 0 unspecified atom stereocenters. The van der Waals surface area contributed by atoms with E-state index in [2.05, 4.69) is 116 Å². The van der Waals surface area contributed by atoms with Gasteiger partial charge in [0.2, 0.25) is 0 Å². The predicted molar refractivity (Wildman–Crippen MR) is 154 cm³/mol. The monoisotopic (exact) mass is 463 g/mol. The molecule has 3 aromatic rings. The number of allylic oxidation sites excluding steroid dienone is 2. The van der Waals surface area contributed by atoms with E-state index < -0.39 is 0 Å². The van der Waals surface area contributed by atoms with Crippen molar-refractivity contribution in [1.82, 2.24) is 5.32 Å². The van der Waals surface area contributed by atoms with Crippen molar-refractivity contribution in [3.05, 3.63) is 133 Å². The maximum Gasteiger partial charge on any atom is 0.0622 e. The fraction of sp³-hybridized carbons (Fsp3) is 0.188. The Morgan fingerprint density at radius 3 is 2.17 bits per heavy atom. The molecule has 0 radical (unpaired) electrons. The van der Waals surface area contributed by atoms with Crippen molar-refractivity contribution in [3.8, 4) is 0 Å². The Kier molecular flexibility index (Phi) is 8.74. The highest BCUT2D eigenvalue weighted by atomic mass is 15.2. The molecule has 180 valence electrons. The molecule has 35 heavy (non-hydrogen) atoms. The summed E-state index contributed by atoms with van der Waals surface area (Å²) < 4.78 is 0. The third-order valence-corrected chi connectivity index (χ3v) is 5.87. The summed E-state index contributed by atoms with van der Waals surface area (Å²) in [6.45, 7) is 24.6. The number of anilines is 2. The Balaban J connectivity index is 1.78. The number of benzene rings is 3. The molecule has 2 N–H and O–H groups in total. The zero-order valence-electron chi connectivity index (χ0n) is 21.3. The van der Waals surface area contributed by atoms with Gasteiger partial charge in [0.1, 0.15) is 0 Å². The molecule has 0 saturated carbocycles. The van der Waals surface area contributed by atoms with E-state index in [1.54, 1.807) is 0 Å². The van der Waals surface area contributed by atoms with Crippen LogP contribution in [-0.2, 0) is 6.42 Å². The maximum atomic E-state index is 4.30. The van der Waals surface area contributed by atoms with Crippen molar-refractivity contribution < 1.29 is 0 Å². The normalized spacial score (nSPS) is 10.4. The van der Waals surface area contributed by atoms with Gasteiger partial charge in [0.05, 0.1) is 6.54 Å². The molecule has 3 aromatic carbocycles. The molecule has 0 aliphatic heterocycles. The van der Waals surface area contributed by atoms with E-state index in [1.807, 2.05) is 19.9 Å². The van der Waals surface area contributed by atoms with Crippen LogP contribution in [0.5, 0.6) is 0 Å². The van der Waals surface area contributed by atoms with E-state index in [-0.39, 0.29) is 0 Å². The smallest absolute Gasteiger partial charge is 0.0622 e. The Morgan fingerprint density at radius 1 is 0.857 bits per heavy atom. The molecule has 0 amide bonds. The minimum Gasteiger partial charge on any atom is -0.385 e. The first-order valence-electron chi connectivity index (χ1n) is 12.0. The zero-order valence-corrected chi connectivity index (χ0v) is 21.3. The first-order chi connectivity index (χ1) is 16.7. The summed E-state index contributed by atoms with van der Waals surface area (Å²) in [5.41, 5.74) is 10.4. The summed E-state index contributed by atoms with van der Waals surface area (Å²) in [5, 5.41) is 6.91. The molecule has 0 aromatic heterocycles. The van der Waals surface area contributed by atoms with Crippen LogP contribution in [0.1, 0.15) is 36.1 Å². The minimum absolute atomic E-state index is 0.584. The van der Waals surface area contributed by atoms with E-state index in [0.29, 0.717) is 6.54 Å². The highest BCUT2D eigenvalue weighted by Gasteiger charge is 2.16. The van der Waals surface area contributed by atoms with Gasteiger partial charge >= 0.3 is 0 Å². The summed E-state index contributed by atoms with van der Waals surface area (Å²) in [6, 6.07) is 25.2. The lowest BCUT2D eigenvalue weighted by molar-refractivity contribution is 0.849. The Hall–Kier alpha value is -3.98. The summed E-state index contributed by atoms with van der Waals surface area (Å²) in [6.07, 6.45) is 0.943. The molecule has 0 heterocycles. The van der Waals surface area contributed by atoms with Crippen molar-refractivity contribution >= 4 is 22.6 Å². The summed E-state index contributed by atoms with van der Waals surface area (Å²) >= 11 is 0. The van der Waals surface area contributed by atoms with Crippen molar-refractivity contribution in [2.75, 3.05) is 23.3 Å². The van der Waals surface area contributed by atoms with Gasteiger partial charge < -0.3 is 15.5 Å². The number of hydrogen-bond donors (Lipinski definition) is 2. The predicted octanol–water partition coefficient (Wildman–Crippen LogP) is 7.80. The van der Waals surface area contributed by atoms with Crippen molar-refractivity contribution in [2.24, 2.45) is 0 Å². The standard InChI is InChI=1S/C32H37N3/c1-23(2)31-18-15-29(27(7)33-20-19-28-11-9-8-10-12-28)21-32(31)35(24(3)4)22-26(6)34-30-16-13-25(5)14-17-30/h8-18,21,33-34H,1,3,6-7,19-20,22H2,2,4-5H3. The second-order valence-corrected chi connectivity index (χ2v) is 9.07. The van der Waals surface area contributed by atoms with Crippen LogP contribution in [0.25, 0.3) is 11.3 Å². The molecule has 0 saturated heterocycles. The highest BCUT2D eigenvalue weighted by Crippen LogP contribution is 2.32. The number of nitrogens with zero attached hydrogens (tertiary/aromatic N) is 1. The topological polar surface area (TPSA) is 27.3 Å². The van der Waals surface area contributed by atoms with Gasteiger partial charge in [-0.25, -0.2) is 0 Å². The van der Waals surface area contributed by atoms with Gasteiger partial charge in [0.15, 0.2) is 0 Å². The number of aryl methyl sites for hydroxylation is 1. The van der Waals surface area contributed by atoms with Crippen LogP contribution >= 0.6 is 0 Å². The zero-order chi connectivity index (χ0) is 25.4. The largest absolute Gasteiger partial charge is 0.385 e. The van der Waals surface area contributed by atoms with Gasteiger partial charge in [0, 0.05) is 40.6 Å². The van der Waals surface area contributed by atoms with Crippen LogP contribution in [0, 0.1) is 6.92 Å². The number of rotatable bonds is 12. The summed E-state index contributed by atoms with van der Waals surface area (Å²) in [5.74, 6) is 0. The maximum absolute atomic E-state index is 4.30. The lowest BCUT2D eigenvalue weighted by Crippen LogP contribution is -2.26. The fourth-order valence-electron chi connectivity index (χ4n) is 3.91. The quantitative estimate of drug-likeness (QED) is 0.287. The van der Waals surface area contributed by atoms with Crippen LogP contribution in [0.4, 0.5) is 11.4 Å². The van der Waals surface area contributed by atoms with Gasteiger partial charge in [-0.05, 0) is 62.1 Å². The molecule has 0 aliphatic carbocycles. The first-order valence-corrected chi connectivity index (χ1v) is 12.0. The average molecular weight is 464 g/mol. The van der Waals surface area contributed by atoms with E-state index in [4.69, 9.17) is 0 Å². The second kappa shape index (κ2) is 11.9. The van der Waals surface area contributed by atoms with Gasteiger partial charge in [-0.15, -0.1) is 0 Å². The van der Waals surface area contributed by atoms with E-state index in [1.165, 1.54) is 11.1 Å². The molecule has 0 bridgehead atoms. The molecule has 0 atom stereocenters. The molecule has 0 aliphatic rings. The molecular weight excluding hydrogens is 426 g/mol. The van der Waals surface area contributed by atoms with Gasteiger partial charge in [-0.1, -0.05) is 86.5 Å². The fourth-order valence-corrected chi connectivity index (χ4v) is 3.91. The van der Waals surface area contributed by atoms with Crippen molar-refractivity contribution in [2.45, 2.75) is 27.2 Å². The Labute approximate surface area is 211 Å². The van der Waals surface area contributed by atoms with Crippen LogP contribution in [-0.4, -0.2) is 13.1 Å². The van der Waals surface area contributed by atoms with Crippen molar-refractivity contribution in [3.63, 3.8) is 0 Å². The first kappa shape index (κ1) is 25.6. The Bertz CT molecular complexity index is 1200. The summed E-state index contributed by atoms with van der Waals surface area (Å²) in [4.78, 5) is 2.17.